The fraction of sp³-hybridized carbons (Fsp3) is 0.476. The molecule has 2 aromatic rings. The van der Waals surface area contributed by atoms with E-state index in [0.717, 1.165) is 11.8 Å². The van der Waals surface area contributed by atoms with Crippen LogP contribution in [0, 0.1) is 17.6 Å². The number of nitrogens with zero attached hydrogens (tertiary/aromatic N) is 4. The molecule has 11 heteroatoms. The van der Waals surface area contributed by atoms with Crippen LogP contribution in [0.2, 0.25) is 5.02 Å². The van der Waals surface area contributed by atoms with Gasteiger partial charge in [-0.1, -0.05) is 18.5 Å². The van der Waals surface area contributed by atoms with Crippen LogP contribution in [0.4, 0.5) is 19.3 Å². The van der Waals surface area contributed by atoms with Gasteiger partial charge in [-0.25, -0.2) is 13.6 Å². The smallest absolute Gasteiger partial charge is 0.322 e. The number of anilines is 1. The quantitative estimate of drug-likeness (QED) is 0.679. The molecule has 0 radical (unpaired) electrons. The third-order valence-corrected chi connectivity index (χ3v) is 6.36. The van der Waals surface area contributed by atoms with Crippen molar-refractivity contribution in [3.63, 3.8) is 0 Å². The van der Waals surface area contributed by atoms with E-state index in [4.69, 9.17) is 11.6 Å². The Balaban J connectivity index is 1.58. The maximum Gasteiger partial charge on any atom is 0.322 e. The number of fused-ring (bicyclic) bond motifs is 3. The Morgan fingerprint density at radius 3 is 2.81 bits per heavy atom. The van der Waals surface area contributed by atoms with Crippen LogP contribution in [-0.2, 0) is 19.5 Å². The van der Waals surface area contributed by atoms with Crippen molar-refractivity contribution in [3.05, 3.63) is 45.7 Å². The average Bonchev–Trinajstić information content (AvgIpc) is 3.06. The Kier molecular flexibility index (Phi) is 6.09. The van der Waals surface area contributed by atoms with Gasteiger partial charge in [-0.15, -0.1) is 0 Å². The molecule has 0 saturated carbocycles. The Bertz CT molecular complexity index is 1080. The van der Waals surface area contributed by atoms with Crippen molar-refractivity contribution in [2.75, 3.05) is 25.5 Å². The van der Waals surface area contributed by atoms with Gasteiger partial charge in [-0.2, -0.15) is 5.10 Å². The topological polar surface area (TPSA) is 90.7 Å². The minimum Gasteiger partial charge on any atom is -0.393 e. The number of rotatable bonds is 3. The highest BCUT2D eigenvalue weighted by molar-refractivity contribution is 6.31. The first-order chi connectivity index (χ1) is 15.2. The van der Waals surface area contributed by atoms with Crippen molar-refractivity contribution in [1.29, 1.82) is 0 Å². The SMILES string of the molecule is CC[C@@H](O)[C@H]1CN(C)C(=O)c2c3c(nn2C1)CCN(C(=O)Nc1cc(Cl)c(F)cc1F)C3. The summed E-state index contributed by atoms with van der Waals surface area (Å²) in [7, 11) is 1.68. The van der Waals surface area contributed by atoms with Crippen LogP contribution in [0.25, 0.3) is 0 Å². The van der Waals surface area contributed by atoms with Gasteiger partial charge in [0.25, 0.3) is 5.91 Å². The summed E-state index contributed by atoms with van der Waals surface area (Å²) in [5.41, 5.74) is 1.55. The Morgan fingerprint density at radius 1 is 1.34 bits per heavy atom. The van der Waals surface area contributed by atoms with Gasteiger partial charge in [0.15, 0.2) is 0 Å². The molecule has 2 atom stereocenters. The van der Waals surface area contributed by atoms with E-state index in [2.05, 4.69) is 10.4 Å². The van der Waals surface area contributed by atoms with E-state index < -0.39 is 23.8 Å². The number of carbonyl (C=O) groups is 2. The summed E-state index contributed by atoms with van der Waals surface area (Å²) in [6.45, 7) is 3.13. The zero-order valence-corrected chi connectivity index (χ0v) is 18.5. The largest absolute Gasteiger partial charge is 0.393 e. The van der Waals surface area contributed by atoms with Crippen molar-refractivity contribution in [2.45, 2.75) is 39.0 Å². The van der Waals surface area contributed by atoms with Gasteiger partial charge in [0.1, 0.15) is 17.3 Å². The fourth-order valence-electron chi connectivity index (χ4n) is 4.26. The van der Waals surface area contributed by atoms with Gasteiger partial charge in [0.2, 0.25) is 0 Å². The fourth-order valence-corrected chi connectivity index (χ4v) is 4.42. The van der Waals surface area contributed by atoms with Crippen molar-refractivity contribution in [1.82, 2.24) is 19.6 Å². The number of carbonyl (C=O) groups excluding carboxylic acids is 2. The summed E-state index contributed by atoms with van der Waals surface area (Å²) < 4.78 is 29.1. The number of urea groups is 1. The molecule has 172 valence electrons. The van der Waals surface area contributed by atoms with Gasteiger partial charge in [0, 0.05) is 50.7 Å². The van der Waals surface area contributed by atoms with E-state index in [1.165, 1.54) is 4.90 Å². The van der Waals surface area contributed by atoms with Gasteiger partial charge in [-0.3, -0.25) is 9.48 Å². The number of amides is 3. The van der Waals surface area contributed by atoms with E-state index in [-0.39, 0.29) is 29.1 Å². The molecule has 0 saturated heterocycles. The summed E-state index contributed by atoms with van der Waals surface area (Å²) >= 11 is 5.70. The molecule has 0 unspecified atom stereocenters. The molecule has 1 aromatic carbocycles. The second kappa shape index (κ2) is 8.67. The maximum absolute atomic E-state index is 14.0. The molecular weight excluding hydrogens is 444 g/mol. The molecule has 1 aromatic heterocycles. The molecule has 2 N–H and O–H groups in total. The molecule has 0 spiro atoms. The standard InChI is InChI=1S/C21H24ClF2N5O3/c1-3-18(30)11-8-27(2)20(31)19-12-10-28(5-4-16(12)26-29(19)9-11)21(32)25-17-6-13(22)14(23)7-15(17)24/h6-7,11,18,30H,3-5,8-10H2,1-2H3,(H,25,32)/t11-,18+/m0/s1. The number of hydrogen-bond donors (Lipinski definition) is 2. The zero-order chi connectivity index (χ0) is 23.2. The van der Waals surface area contributed by atoms with Crippen molar-refractivity contribution in [2.24, 2.45) is 5.92 Å². The normalized spacial score (nSPS) is 19.3. The molecular formula is C21H24ClF2N5O3. The van der Waals surface area contributed by atoms with Gasteiger partial charge in [-0.05, 0) is 12.5 Å². The van der Waals surface area contributed by atoms with Crippen molar-refractivity contribution in [3.8, 4) is 0 Å². The first-order valence-electron chi connectivity index (χ1n) is 10.4. The number of aliphatic hydroxyl groups is 1. The summed E-state index contributed by atoms with van der Waals surface area (Å²) in [6.07, 6.45) is 0.436. The minimum atomic E-state index is -0.935. The van der Waals surface area contributed by atoms with Crippen molar-refractivity contribution >= 4 is 29.2 Å². The van der Waals surface area contributed by atoms with Crippen LogP contribution in [0.5, 0.6) is 0 Å². The summed E-state index contributed by atoms with van der Waals surface area (Å²) in [4.78, 5) is 28.8. The zero-order valence-electron chi connectivity index (χ0n) is 17.7. The molecule has 2 aliphatic heterocycles. The molecule has 3 amide bonds. The lowest BCUT2D eigenvalue weighted by Crippen LogP contribution is -2.40. The molecule has 2 aliphatic rings. The first-order valence-corrected chi connectivity index (χ1v) is 10.8. The maximum atomic E-state index is 14.0. The van der Waals surface area contributed by atoms with Crippen LogP contribution >= 0.6 is 11.6 Å². The first kappa shape index (κ1) is 22.5. The second-order valence-corrected chi connectivity index (χ2v) is 8.63. The van der Waals surface area contributed by atoms with Crippen LogP contribution in [0.15, 0.2) is 12.1 Å². The summed E-state index contributed by atoms with van der Waals surface area (Å²) in [6, 6.07) is 1.04. The van der Waals surface area contributed by atoms with Crippen LogP contribution in [0.3, 0.4) is 0 Å². The van der Waals surface area contributed by atoms with E-state index >= 15 is 0 Å². The lowest BCUT2D eigenvalue weighted by molar-refractivity contribution is 0.0626. The molecule has 32 heavy (non-hydrogen) atoms. The Morgan fingerprint density at radius 2 is 2.09 bits per heavy atom. The second-order valence-electron chi connectivity index (χ2n) is 8.23. The molecule has 4 rings (SSSR count). The minimum absolute atomic E-state index is 0.119. The van der Waals surface area contributed by atoms with Crippen LogP contribution in [0.1, 0.15) is 35.1 Å². The van der Waals surface area contributed by atoms with Gasteiger partial charge >= 0.3 is 6.03 Å². The average molecular weight is 468 g/mol. The number of benzene rings is 1. The third kappa shape index (κ3) is 4.04. The lowest BCUT2D eigenvalue weighted by atomic mass is 10.0. The molecule has 3 heterocycles. The molecule has 8 nitrogen and oxygen atoms in total. The number of aliphatic hydroxyl groups excluding tert-OH is 1. The highest BCUT2D eigenvalue weighted by Crippen LogP contribution is 2.29. The van der Waals surface area contributed by atoms with E-state index in [9.17, 15) is 23.5 Å². The third-order valence-electron chi connectivity index (χ3n) is 6.07. The molecule has 0 bridgehead atoms. The summed E-state index contributed by atoms with van der Waals surface area (Å²) in [5, 5.41) is 17.1. The lowest BCUT2D eigenvalue weighted by Gasteiger charge is -2.28. The van der Waals surface area contributed by atoms with Crippen molar-refractivity contribution < 1.29 is 23.5 Å². The number of aromatic nitrogens is 2. The predicted molar refractivity (Wildman–Crippen MR) is 113 cm³/mol. The van der Waals surface area contributed by atoms with Crippen LogP contribution < -0.4 is 5.32 Å². The molecule has 0 fully saturated rings. The predicted octanol–water partition coefficient (Wildman–Crippen LogP) is 2.88. The number of nitrogens with one attached hydrogen (secondary N) is 1. The monoisotopic (exact) mass is 467 g/mol. The van der Waals surface area contributed by atoms with Gasteiger partial charge in [0.05, 0.1) is 29.1 Å². The molecule has 0 aliphatic carbocycles. The number of hydrogen-bond acceptors (Lipinski definition) is 4. The Hall–Kier alpha value is -2.72. The highest BCUT2D eigenvalue weighted by atomic mass is 35.5. The van der Waals surface area contributed by atoms with E-state index in [0.29, 0.717) is 49.8 Å². The van der Waals surface area contributed by atoms with E-state index in [1.807, 2.05) is 6.92 Å². The Labute approximate surface area is 188 Å². The highest BCUT2D eigenvalue weighted by Gasteiger charge is 2.36. The van der Waals surface area contributed by atoms with Gasteiger partial charge < -0.3 is 20.2 Å². The van der Waals surface area contributed by atoms with E-state index in [1.54, 1.807) is 16.6 Å². The summed E-state index contributed by atoms with van der Waals surface area (Å²) in [5.74, 6) is -2.22. The number of halogens is 3. The van der Waals surface area contributed by atoms with Crippen LogP contribution in [-0.4, -0.2) is 62.9 Å².